The maximum atomic E-state index is 12.5. The number of aromatic nitrogens is 2. The maximum Gasteiger partial charge on any atom is 0.350 e. The minimum Gasteiger partial charge on any atom is -0.465 e. The summed E-state index contributed by atoms with van der Waals surface area (Å²) in [6, 6.07) is 4.77. The minimum absolute atomic E-state index is 0.248. The fraction of sp³-hybridized carbons (Fsp3) is 0.250. The van der Waals surface area contributed by atoms with Crippen molar-refractivity contribution in [2.75, 3.05) is 19.0 Å². The predicted octanol–water partition coefficient (Wildman–Crippen LogP) is 3.62. The summed E-state index contributed by atoms with van der Waals surface area (Å²) in [5.41, 5.74) is 2.26. The molecule has 0 bridgehead atoms. The van der Waals surface area contributed by atoms with E-state index in [4.69, 9.17) is 9.26 Å². The number of hydrogen-bond donors (Lipinski definition) is 1. The first kappa shape index (κ1) is 22.5. The molecule has 3 heterocycles. The molecular weight excluding hydrogens is 442 g/mol. The number of esters is 2. The van der Waals surface area contributed by atoms with Crippen molar-refractivity contribution in [2.24, 2.45) is 0 Å². The van der Waals surface area contributed by atoms with E-state index in [9.17, 15) is 14.4 Å². The third-order valence-corrected chi connectivity index (χ3v) is 6.10. The monoisotopic (exact) mass is 461 g/mol. The molecule has 1 N–H and O–H groups in total. The Morgan fingerprint density at radius 1 is 1.23 bits per heavy atom. The molecule has 3 rings (SSSR count). The lowest BCUT2D eigenvalue weighted by Crippen LogP contribution is -2.22. The summed E-state index contributed by atoms with van der Waals surface area (Å²) in [4.78, 5) is 40.9. The molecule has 0 aliphatic heterocycles. The molecule has 0 aliphatic carbocycles. The van der Waals surface area contributed by atoms with E-state index in [0.717, 1.165) is 22.6 Å². The van der Waals surface area contributed by atoms with E-state index in [0.29, 0.717) is 22.2 Å². The molecular formula is C20H19N3O6S2. The van der Waals surface area contributed by atoms with Gasteiger partial charge in [0.15, 0.2) is 6.61 Å². The molecule has 0 aliphatic rings. The van der Waals surface area contributed by atoms with Crippen molar-refractivity contribution in [3.05, 3.63) is 57.2 Å². The van der Waals surface area contributed by atoms with Gasteiger partial charge in [0.25, 0.3) is 5.91 Å². The van der Waals surface area contributed by atoms with Crippen LogP contribution in [0.4, 0.5) is 5.69 Å². The number of methoxy groups -OCH3 is 1. The molecule has 0 saturated heterocycles. The van der Waals surface area contributed by atoms with Gasteiger partial charge < -0.3 is 19.3 Å². The lowest BCUT2D eigenvalue weighted by molar-refractivity contribution is -0.119. The van der Waals surface area contributed by atoms with Crippen molar-refractivity contribution < 1.29 is 28.4 Å². The number of carbonyl (C=O) groups excluding carboxylic acids is 3. The number of pyridine rings is 1. The van der Waals surface area contributed by atoms with Crippen LogP contribution < -0.4 is 5.32 Å². The standard InChI is InChI=1S/C20H19N3O6S2/c1-11-14(12(2)29-23-11)10-31-18-13(5-4-7-21-18)19(25)28-9-16(24)22-15-6-8-30-17(15)20(26)27-3/h4-8H,9-10H2,1-3H3,(H,22,24). The number of rotatable bonds is 8. The predicted molar refractivity (Wildman–Crippen MR) is 114 cm³/mol. The lowest BCUT2D eigenvalue weighted by Gasteiger charge is -2.09. The van der Waals surface area contributed by atoms with Crippen LogP contribution in [0.1, 0.15) is 37.0 Å². The third-order valence-electron chi connectivity index (χ3n) is 4.17. The zero-order valence-electron chi connectivity index (χ0n) is 17.0. The number of hydrogen-bond acceptors (Lipinski definition) is 10. The van der Waals surface area contributed by atoms with E-state index >= 15 is 0 Å². The lowest BCUT2D eigenvalue weighted by atomic mass is 10.2. The molecule has 0 fully saturated rings. The van der Waals surface area contributed by atoms with Crippen molar-refractivity contribution in [3.63, 3.8) is 0 Å². The molecule has 0 saturated carbocycles. The number of thioether (sulfide) groups is 1. The Morgan fingerprint density at radius 2 is 2.03 bits per heavy atom. The number of anilines is 1. The van der Waals surface area contributed by atoms with Crippen LogP contribution >= 0.6 is 23.1 Å². The molecule has 3 aromatic heterocycles. The number of nitrogens with one attached hydrogen (secondary N) is 1. The molecule has 9 nitrogen and oxygen atoms in total. The molecule has 0 atom stereocenters. The summed E-state index contributed by atoms with van der Waals surface area (Å²) < 4.78 is 15.0. The van der Waals surface area contributed by atoms with E-state index in [1.54, 1.807) is 29.8 Å². The van der Waals surface area contributed by atoms with Crippen LogP contribution in [0.5, 0.6) is 0 Å². The largest absolute Gasteiger partial charge is 0.465 e. The van der Waals surface area contributed by atoms with Gasteiger partial charge in [-0.3, -0.25) is 4.79 Å². The number of amides is 1. The topological polar surface area (TPSA) is 121 Å². The van der Waals surface area contributed by atoms with Gasteiger partial charge in [-0.2, -0.15) is 0 Å². The number of ether oxygens (including phenoxy) is 2. The second-order valence-electron chi connectivity index (χ2n) is 6.23. The van der Waals surface area contributed by atoms with Gasteiger partial charge in [0.2, 0.25) is 0 Å². The van der Waals surface area contributed by atoms with Gasteiger partial charge >= 0.3 is 11.9 Å². The first-order valence-corrected chi connectivity index (χ1v) is 10.9. The molecule has 0 spiro atoms. The first-order chi connectivity index (χ1) is 14.9. The Bertz CT molecular complexity index is 1090. The Hall–Kier alpha value is -3.18. The molecule has 1 amide bonds. The van der Waals surface area contributed by atoms with Gasteiger partial charge in [-0.25, -0.2) is 14.6 Å². The summed E-state index contributed by atoms with van der Waals surface area (Å²) in [6.07, 6.45) is 1.57. The molecule has 11 heteroatoms. The fourth-order valence-corrected chi connectivity index (χ4v) is 4.46. The molecule has 3 aromatic rings. The normalized spacial score (nSPS) is 10.5. The Labute approximate surface area is 186 Å². The third kappa shape index (κ3) is 5.50. The van der Waals surface area contributed by atoms with Crippen molar-refractivity contribution in [1.29, 1.82) is 0 Å². The van der Waals surface area contributed by atoms with Gasteiger partial charge in [-0.1, -0.05) is 5.16 Å². The van der Waals surface area contributed by atoms with Crippen LogP contribution in [0.2, 0.25) is 0 Å². The van der Waals surface area contributed by atoms with Crippen LogP contribution in [0.3, 0.4) is 0 Å². The average molecular weight is 462 g/mol. The number of thiophene rings is 1. The minimum atomic E-state index is -0.678. The van der Waals surface area contributed by atoms with E-state index in [2.05, 4.69) is 20.2 Å². The van der Waals surface area contributed by atoms with Gasteiger partial charge in [-0.15, -0.1) is 23.1 Å². The van der Waals surface area contributed by atoms with Crippen molar-refractivity contribution in [2.45, 2.75) is 24.6 Å². The molecule has 162 valence electrons. The molecule has 0 radical (unpaired) electrons. The highest BCUT2D eigenvalue weighted by Crippen LogP contribution is 2.27. The highest BCUT2D eigenvalue weighted by atomic mass is 32.2. The summed E-state index contributed by atoms with van der Waals surface area (Å²) in [6.45, 7) is 3.15. The summed E-state index contributed by atoms with van der Waals surface area (Å²) >= 11 is 2.48. The molecule has 0 unspecified atom stereocenters. The highest BCUT2D eigenvalue weighted by molar-refractivity contribution is 7.98. The Morgan fingerprint density at radius 3 is 2.74 bits per heavy atom. The van der Waals surface area contributed by atoms with Gasteiger partial charge in [-0.05, 0) is 37.4 Å². The van der Waals surface area contributed by atoms with Crippen LogP contribution in [-0.2, 0) is 20.0 Å². The van der Waals surface area contributed by atoms with Gasteiger partial charge in [0.05, 0.1) is 24.1 Å². The van der Waals surface area contributed by atoms with Crippen molar-refractivity contribution in [3.8, 4) is 0 Å². The van der Waals surface area contributed by atoms with Gasteiger partial charge in [0, 0.05) is 17.5 Å². The van der Waals surface area contributed by atoms with Crippen LogP contribution in [0.15, 0.2) is 39.3 Å². The molecule has 31 heavy (non-hydrogen) atoms. The second kappa shape index (κ2) is 10.2. The fourth-order valence-electron chi connectivity index (χ4n) is 2.56. The summed E-state index contributed by atoms with van der Waals surface area (Å²) in [5, 5.41) is 8.57. The summed E-state index contributed by atoms with van der Waals surface area (Å²) in [5.74, 6) is -0.583. The van der Waals surface area contributed by atoms with Crippen LogP contribution in [0, 0.1) is 13.8 Å². The number of aryl methyl sites for hydroxylation is 2. The maximum absolute atomic E-state index is 12.5. The number of nitrogens with zero attached hydrogens (tertiary/aromatic N) is 2. The van der Waals surface area contributed by atoms with Crippen LogP contribution in [0.25, 0.3) is 0 Å². The van der Waals surface area contributed by atoms with Crippen molar-refractivity contribution >= 4 is 46.6 Å². The van der Waals surface area contributed by atoms with Crippen molar-refractivity contribution in [1.82, 2.24) is 10.1 Å². The van der Waals surface area contributed by atoms with E-state index in [1.807, 2.05) is 13.8 Å². The zero-order valence-corrected chi connectivity index (χ0v) is 18.6. The first-order valence-electron chi connectivity index (χ1n) is 9.03. The average Bonchev–Trinajstić information content (AvgIpc) is 3.36. The van der Waals surface area contributed by atoms with Crippen LogP contribution in [-0.4, -0.2) is 41.7 Å². The SMILES string of the molecule is COC(=O)c1sccc1NC(=O)COC(=O)c1cccnc1SCc1c(C)noc1C. The summed E-state index contributed by atoms with van der Waals surface area (Å²) in [7, 11) is 1.25. The second-order valence-corrected chi connectivity index (χ2v) is 8.11. The Balaban J connectivity index is 1.60. The smallest absolute Gasteiger partial charge is 0.350 e. The Kier molecular flexibility index (Phi) is 7.42. The number of carbonyl (C=O) groups is 3. The molecule has 0 aromatic carbocycles. The van der Waals surface area contributed by atoms with E-state index in [-0.39, 0.29) is 10.4 Å². The highest BCUT2D eigenvalue weighted by Gasteiger charge is 2.19. The van der Waals surface area contributed by atoms with E-state index in [1.165, 1.54) is 18.9 Å². The van der Waals surface area contributed by atoms with Gasteiger partial charge in [0.1, 0.15) is 15.7 Å². The van der Waals surface area contributed by atoms with E-state index < -0.39 is 24.5 Å². The zero-order chi connectivity index (χ0) is 22.4. The quantitative estimate of drug-likeness (QED) is 0.396.